The molecular formula is C21H23F4N3O2S. The van der Waals surface area contributed by atoms with E-state index in [2.05, 4.69) is 5.43 Å². The third kappa shape index (κ3) is 4.59. The lowest BCUT2D eigenvalue weighted by Gasteiger charge is -2.44. The number of hydrogen-bond acceptors (Lipinski definition) is 4. The molecule has 1 aliphatic carbocycles. The molecule has 31 heavy (non-hydrogen) atoms. The van der Waals surface area contributed by atoms with Crippen molar-refractivity contribution in [3.05, 3.63) is 58.6 Å². The Bertz CT molecular complexity index is 953. The molecule has 0 saturated carbocycles. The number of nitrogens with two attached hydrogens (primary N) is 1. The number of carbonyl (C=O) groups is 1. The first-order valence-electron chi connectivity index (χ1n) is 9.79. The van der Waals surface area contributed by atoms with Crippen molar-refractivity contribution in [1.29, 1.82) is 0 Å². The van der Waals surface area contributed by atoms with E-state index in [-0.39, 0.29) is 35.4 Å². The summed E-state index contributed by atoms with van der Waals surface area (Å²) >= 11 is 5.22. The van der Waals surface area contributed by atoms with Crippen molar-refractivity contribution >= 4 is 23.1 Å². The maximum Gasteiger partial charge on any atom is 0.238 e. The Hall–Kier alpha value is -2.46. The Morgan fingerprint density at radius 2 is 2.06 bits per heavy atom. The van der Waals surface area contributed by atoms with Crippen molar-refractivity contribution < 1.29 is 27.1 Å². The van der Waals surface area contributed by atoms with Crippen LogP contribution < -0.4 is 11.2 Å². The predicted molar refractivity (Wildman–Crippen MR) is 111 cm³/mol. The van der Waals surface area contributed by atoms with Crippen LogP contribution in [0, 0.1) is 23.5 Å². The van der Waals surface area contributed by atoms with Gasteiger partial charge in [-0.3, -0.25) is 10.2 Å². The third-order valence-electron chi connectivity index (χ3n) is 5.51. The Morgan fingerprint density at radius 1 is 1.35 bits per heavy atom. The molecule has 3 rings (SSSR count). The fourth-order valence-electron chi connectivity index (χ4n) is 3.98. The van der Waals surface area contributed by atoms with Gasteiger partial charge in [0.1, 0.15) is 28.2 Å². The smallest absolute Gasteiger partial charge is 0.238 e. The van der Waals surface area contributed by atoms with Gasteiger partial charge in [0.05, 0.1) is 12.6 Å². The Kier molecular flexibility index (Phi) is 7.00. The fourth-order valence-corrected chi connectivity index (χ4v) is 4.24. The van der Waals surface area contributed by atoms with E-state index >= 15 is 0 Å². The zero-order chi connectivity index (χ0) is 22.9. The molecule has 1 aromatic carbocycles. The van der Waals surface area contributed by atoms with Crippen molar-refractivity contribution in [1.82, 2.24) is 10.4 Å². The average Bonchev–Trinajstić information content (AvgIpc) is 2.72. The highest BCUT2D eigenvalue weighted by Crippen LogP contribution is 2.42. The maximum atomic E-state index is 14.5. The molecule has 0 saturated heterocycles. The minimum absolute atomic E-state index is 0.112. The minimum Gasteiger partial charge on any atom is -0.493 e. The predicted octanol–water partition coefficient (Wildman–Crippen LogP) is 3.45. The highest BCUT2D eigenvalue weighted by molar-refractivity contribution is 7.80. The lowest BCUT2D eigenvalue weighted by atomic mass is 9.77. The SMILES string of the molecule is CC(=O)N(NC(=S)c1cc(F)ccc1F)C1C2=C(C=C(F)C(F)C2C)OC[C@H]1CCN. The van der Waals surface area contributed by atoms with Gasteiger partial charge in [-0.05, 0) is 31.2 Å². The van der Waals surface area contributed by atoms with Crippen LogP contribution in [0.4, 0.5) is 17.6 Å². The molecule has 1 heterocycles. The Morgan fingerprint density at radius 3 is 2.71 bits per heavy atom. The molecular weight excluding hydrogens is 434 g/mol. The number of alkyl halides is 1. The summed E-state index contributed by atoms with van der Waals surface area (Å²) in [4.78, 5) is 12.4. The van der Waals surface area contributed by atoms with Crippen molar-refractivity contribution in [2.24, 2.45) is 17.6 Å². The second-order valence-electron chi connectivity index (χ2n) is 7.59. The number of ether oxygens (including phenoxy) is 1. The summed E-state index contributed by atoms with van der Waals surface area (Å²) in [6, 6.07) is 2.00. The van der Waals surface area contributed by atoms with Gasteiger partial charge in [-0.2, -0.15) is 0 Å². The first kappa shape index (κ1) is 23.2. The zero-order valence-electron chi connectivity index (χ0n) is 17.0. The number of rotatable bonds is 4. The summed E-state index contributed by atoms with van der Waals surface area (Å²) in [7, 11) is 0. The lowest BCUT2D eigenvalue weighted by molar-refractivity contribution is -0.135. The minimum atomic E-state index is -1.90. The number of benzene rings is 1. The Labute approximate surface area is 182 Å². The molecule has 1 aliphatic heterocycles. The molecule has 10 heteroatoms. The van der Waals surface area contributed by atoms with Gasteiger partial charge in [-0.25, -0.2) is 22.6 Å². The summed E-state index contributed by atoms with van der Waals surface area (Å²) in [5.41, 5.74) is 8.55. The number of allylic oxidation sites excluding steroid dienone is 2. The van der Waals surface area contributed by atoms with E-state index in [9.17, 15) is 22.4 Å². The van der Waals surface area contributed by atoms with Gasteiger partial charge in [0.15, 0.2) is 6.17 Å². The van der Waals surface area contributed by atoms with Gasteiger partial charge >= 0.3 is 0 Å². The quantitative estimate of drug-likeness (QED) is 0.412. The normalized spacial score (nSPS) is 25.3. The third-order valence-corrected chi connectivity index (χ3v) is 5.83. The molecule has 5 nitrogen and oxygen atoms in total. The van der Waals surface area contributed by atoms with Gasteiger partial charge in [-0.15, -0.1) is 0 Å². The van der Waals surface area contributed by atoms with Gasteiger partial charge in [0.2, 0.25) is 5.91 Å². The number of hydrazine groups is 1. The van der Waals surface area contributed by atoms with Crippen LogP contribution in [-0.4, -0.2) is 41.3 Å². The Balaban J connectivity index is 2.03. The van der Waals surface area contributed by atoms with E-state index in [1.54, 1.807) is 0 Å². The van der Waals surface area contributed by atoms with Crippen LogP contribution >= 0.6 is 12.2 Å². The van der Waals surface area contributed by atoms with E-state index in [1.807, 2.05) is 0 Å². The molecule has 4 atom stereocenters. The van der Waals surface area contributed by atoms with Gasteiger partial charge in [-0.1, -0.05) is 19.1 Å². The highest BCUT2D eigenvalue weighted by atomic mass is 32.1. The monoisotopic (exact) mass is 457 g/mol. The van der Waals surface area contributed by atoms with Gasteiger partial charge in [0.25, 0.3) is 0 Å². The molecule has 0 aromatic heterocycles. The van der Waals surface area contributed by atoms with E-state index in [0.717, 1.165) is 29.3 Å². The molecule has 3 N–H and O–H groups in total. The maximum absolute atomic E-state index is 14.5. The largest absolute Gasteiger partial charge is 0.493 e. The van der Waals surface area contributed by atoms with Crippen molar-refractivity contribution in [2.45, 2.75) is 32.5 Å². The van der Waals surface area contributed by atoms with Gasteiger partial charge < -0.3 is 10.5 Å². The molecule has 1 aromatic rings. The molecule has 0 fully saturated rings. The fraction of sp³-hybridized carbons (Fsp3) is 0.429. The second kappa shape index (κ2) is 9.35. The number of thiocarbonyl (C=S) groups is 1. The van der Waals surface area contributed by atoms with Crippen LogP contribution in [-0.2, 0) is 9.53 Å². The summed E-state index contributed by atoms with van der Waals surface area (Å²) in [5, 5.41) is 1.14. The van der Waals surface area contributed by atoms with Crippen molar-refractivity contribution in [3.63, 3.8) is 0 Å². The van der Waals surface area contributed by atoms with Crippen LogP contribution in [0.2, 0.25) is 0 Å². The number of hydrogen-bond donors (Lipinski definition) is 2. The number of nitrogens with one attached hydrogen (secondary N) is 1. The molecule has 1 amide bonds. The zero-order valence-corrected chi connectivity index (χ0v) is 17.8. The van der Waals surface area contributed by atoms with Crippen LogP contribution in [0.3, 0.4) is 0 Å². The summed E-state index contributed by atoms with van der Waals surface area (Å²) in [5.74, 6) is -4.06. The number of carbonyl (C=O) groups excluding carboxylic acids is 1. The molecule has 168 valence electrons. The summed E-state index contributed by atoms with van der Waals surface area (Å²) < 4.78 is 62.0. The number of amides is 1. The van der Waals surface area contributed by atoms with Crippen molar-refractivity contribution in [3.8, 4) is 0 Å². The number of nitrogens with zero attached hydrogens (tertiary/aromatic N) is 1. The summed E-state index contributed by atoms with van der Waals surface area (Å²) in [6.07, 6.45) is -0.499. The van der Waals surface area contributed by atoms with E-state index in [0.29, 0.717) is 12.0 Å². The second-order valence-corrected chi connectivity index (χ2v) is 7.99. The van der Waals surface area contributed by atoms with Crippen LogP contribution in [0.25, 0.3) is 0 Å². The van der Waals surface area contributed by atoms with Gasteiger partial charge in [0, 0.05) is 36.0 Å². The van der Waals surface area contributed by atoms with Crippen molar-refractivity contribution in [2.75, 3.05) is 13.2 Å². The first-order valence-corrected chi connectivity index (χ1v) is 10.2. The van der Waals surface area contributed by atoms with E-state index < -0.39 is 41.5 Å². The van der Waals surface area contributed by atoms with E-state index in [1.165, 1.54) is 13.8 Å². The van der Waals surface area contributed by atoms with E-state index in [4.69, 9.17) is 22.7 Å². The van der Waals surface area contributed by atoms with Crippen LogP contribution in [0.15, 0.2) is 41.4 Å². The topological polar surface area (TPSA) is 67.6 Å². The number of halogens is 4. The molecule has 0 bridgehead atoms. The lowest BCUT2D eigenvalue weighted by Crippen LogP contribution is -2.58. The molecule has 2 aliphatic rings. The summed E-state index contributed by atoms with van der Waals surface area (Å²) in [6.45, 7) is 3.13. The first-order chi connectivity index (χ1) is 14.6. The molecule has 0 radical (unpaired) electrons. The van der Waals surface area contributed by atoms with Crippen LogP contribution in [0.5, 0.6) is 0 Å². The highest BCUT2D eigenvalue weighted by Gasteiger charge is 2.45. The van der Waals surface area contributed by atoms with Crippen LogP contribution in [0.1, 0.15) is 25.8 Å². The molecule has 0 spiro atoms. The standard InChI is InChI=1S/C21H23F4N3O2S/c1-10-18-17(8-16(24)19(10)25)30-9-12(5-6-26)20(18)28(11(2)29)27-21(31)14-7-13(22)3-4-15(14)23/h3-4,7-8,10,12,19-20H,5-6,9,26H2,1-2H3,(H,27,31)/t10?,12-,19?,20?/m1/s1. The average molecular weight is 457 g/mol. The molecule has 3 unspecified atom stereocenters.